The van der Waals surface area contributed by atoms with Crippen molar-refractivity contribution in [2.45, 2.75) is 58.3 Å². The second-order valence-electron chi connectivity index (χ2n) is 9.35. The Balaban J connectivity index is 1.63. The second-order valence-corrected chi connectivity index (χ2v) is 9.35. The average molecular weight is 526 g/mol. The minimum Gasteiger partial charge on any atom is -0.481 e. The number of benzene rings is 1. The molecule has 1 unspecified atom stereocenters. The van der Waals surface area contributed by atoms with Crippen molar-refractivity contribution in [1.29, 1.82) is 0 Å². The molecule has 3 rings (SSSR count). The fourth-order valence-electron chi connectivity index (χ4n) is 3.31. The summed E-state index contributed by atoms with van der Waals surface area (Å²) in [5, 5.41) is 18.5. The van der Waals surface area contributed by atoms with Crippen LogP contribution in [0.2, 0.25) is 0 Å². The highest BCUT2D eigenvalue weighted by Crippen LogP contribution is 2.23. The number of aliphatic carboxylic acids is 1. The van der Waals surface area contributed by atoms with Crippen LogP contribution in [-0.4, -0.2) is 50.5 Å². The number of carboxylic acids is 1. The number of amides is 2. The summed E-state index contributed by atoms with van der Waals surface area (Å²) < 4.78 is 15.7. The molecular formula is C26H31N5O7. The zero-order valence-corrected chi connectivity index (χ0v) is 21.5. The van der Waals surface area contributed by atoms with Crippen molar-refractivity contribution in [3.05, 3.63) is 65.8 Å². The van der Waals surface area contributed by atoms with Gasteiger partial charge in [0.1, 0.15) is 12.2 Å². The van der Waals surface area contributed by atoms with Crippen molar-refractivity contribution < 1.29 is 33.5 Å². The molecule has 38 heavy (non-hydrogen) atoms. The van der Waals surface area contributed by atoms with Gasteiger partial charge in [0, 0.05) is 31.1 Å². The van der Waals surface area contributed by atoms with E-state index in [1.54, 1.807) is 32.9 Å². The van der Waals surface area contributed by atoms with Gasteiger partial charge in [0.25, 0.3) is 0 Å². The fraction of sp³-hybridized carbons (Fsp3) is 0.385. The molecule has 3 N–H and O–H groups in total. The van der Waals surface area contributed by atoms with E-state index >= 15 is 0 Å². The van der Waals surface area contributed by atoms with Crippen molar-refractivity contribution in [3.63, 3.8) is 0 Å². The third kappa shape index (κ3) is 9.52. The van der Waals surface area contributed by atoms with Gasteiger partial charge in [-0.05, 0) is 44.9 Å². The number of nitrogens with zero attached hydrogens (tertiary/aromatic N) is 3. The summed E-state index contributed by atoms with van der Waals surface area (Å²) >= 11 is 0. The Bertz CT molecular complexity index is 1220. The Labute approximate surface area is 219 Å². The van der Waals surface area contributed by atoms with Gasteiger partial charge in [-0.25, -0.2) is 9.59 Å². The monoisotopic (exact) mass is 525 g/mol. The number of carboxylic acid groups (broad SMARTS) is 1. The highest BCUT2D eigenvalue weighted by Gasteiger charge is 2.20. The van der Waals surface area contributed by atoms with Gasteiger partial charge in [-0.3, -0.25) is 9.78 Å². The van der Waals surface area contributed by atoms with Crippen LogP contribution in [0.3, 0.4) is 0 Å². The third-order valence-electron chi connectivity index (χ3n) is 5.02. The van der Waals surface area contributed by atoms with Crippen LogP contribution in [-0.2, 0) is 27.3 Å². The van der Waals surface area contributed by atoms with E-state index in [-0.39, 0.29) is 31.8 Å². The highest BCUT2D eigenvalue weighted by molar-refractivity contribution is 5.69. The van der Waals surface area contributed by atoms with E-state index < -0.39 is 29.8 Å². The van der Waals surface area contributed by atoms with Gasteiger partial charge < -0.3 is 29.7 Å². The average Bonchev–Trinajstić information content (AvgIpc) is 3.34. The van der Waals surface area contributed by atoms with Crippen LogP contribution in [0.1, 0.15) is 56.8 Å². The van der Waals surface area contributed by atoms with Crippen LogP contribution >= 0.6 is 0 Å². The zero-order chi connectivity index (χ0) is 27.5. The third-order valence-corrected chi connectivity index (χ3v) is 5.02. The van der Waals surface area contributed by atoms with E-state index in [0.717, 1.165) is 5.56 Å². The molecule has 0 radical (unpaired) electrons. The molecule has 1 atom stereocenters. The number of carbonyl (C=O) groups excluding carboxylic acids is 2. The van der Waals surface area contributed by atoms with E-state index in [1.165, 1.54) is 6.20 Å². The van der Waals surface area contributed by atoms with E-state index in [4.69, 9.17) is 19.1 Å². The molecule has 12 heteroatoms. The molecule has 202 valence electrons. The highest BCUT2D eigenvalue weighted by atomic mass is 16.6. The van der Waals surface area contributed by atoms with Crippen LogP contribution in [0.25, 0.3) is 11.4 Å². The van der Waals surface area contributed by atoms with Gasteiger partial charge in [-0.2, -0.15) is 4.98 Å². The minimum absolute atomic E-state index is 0.0697. The predicted molar refractivity (Wildman–Crippen MR) is 135 cm³/mol. The Hall–Kier alpha value is -4.48. The van der Waals surface area contributed by atoms with E-state index in [2.05, 4.69) is 25.8 Å². The summed E-state index contributed by atoms with van der Waals surface area (Å²) in [6.45, 7) is 5.63. The van der Waals surface area contributed by atoms with Crippen LogP contribution in [0.15, 0.2) is 53.2 Å². The molecule has 0 aliphatic carbocycles. The van der Waals surface area contributed by atoms with Gasteiger partial charge in [0.15, 0.2) is 0 Å². The summed E-state index contributed by atoms with van der Waals surface area (Å²) in [7, 11) is 0. The first-order valence-electron chi connectivity index (χ1n) is 12.0. The minimum atomic E-state index is -1.01. The van der Waals surface area contributed by atoms with Crippen molar-refractivity contribution in [2.75, 3.05) is 6.54 Å². The Morgan fingerprint density at radius 2 is 1.87 bits per heavy atom. The summed E-state index contributed by atoms with van der Waals surface area (Å²) in [4.78, 5) is 44.1. The lowest BCUT2D eigenvalue weighted by Gasteiger charge is -2.19. The number of nitrogens with one attached hydrogen (secondary N) is 2. The van der Waals surface area contributed by atoms with Crippen molar-refractivity contribution >= 4 is 18.2 Å². The quantitative estimate of drug-likeness (QED) is 0.333. The fourth-order valence-corrected chi connectivity index (χ4v) is 3.31. The second kappa shape index (κ2) is 13.2. The maximum atomic E-state index is 12.4. The van der Waals surface area contributed by atoms with Gasteiger partial charge in [0.05, 0.1) is 11.7 Å². The molecule has 0 aliphatic heterocycles. The van der Waals surface area contributed by atoms with Crippen LogP contribution in [0.5, 0.6) is 0 Å². The summed E-state index contributed by atoms with van der Waals surface area (Å²) in [5.41, 5.74) is 1.19. The Kier molecular flexibility index (Phi) is 9.74. The summed E-state index contributed by atoms with van der Waals surface area (Å²) in [6.07, 6.45) is 0.469. The molecule has 2 amide bonds. The molecule has 2 aromatic heterocycles. The summed E-state index contributed by atoms with van der Waals surface area (Å²) in [5.74, 6) is -0.419. The van der Waals surface area contributed by atoms with Crippen LogP contribution < -0.4 is 10.6 Å². The number of rotatable bonds is 11. The lowest BCUT2D eigenvalue weighted by Crippen LogP contribution is -2.33. The normalized spacial score (nSPS) is 11.9. The topological polar surface area (TPSA) is 166 Å². The number of alkyl carbamates (subject to hydrolysis) is 2. The maximum absolute atomic E-state index is 12.4. The summed E-state index contributed by atoms with van der Waals surface area (Å²) in [6, 6.07) is 11.8. The van der Waals surface area contributed by atoms with E-state index in [9.17, 15) is 14.4 Å². The first-order valence-corrected chi connectivity index (χ1v) is 12.0. The molecule has 0 spiro atoms. The number of carbonyl (C=O) groups is 3. The lowest BCUT2D eigenvalue weighted by atomic mass is 10.1. The Morgan fingerprint density at radius 1 is 1.11 bits per heavy atom. The zero-order valence-electron chi connectivity index (χ0n) is 21.5. The number of ether oxygens (including phenoxy) is 2. The molecule has 0 fully saturated rings. The van der Waals surface area contributed by atoms with Crippen molar-refractivity contribution in [3.8, 4) is 11.4 Å². The van der Waals surface area contributed by atoms with Crippen LogP contribution in [0.4, 0.5) is 9.59 Å². The number of hydrogen-bond acceptors (Lipinski definition) is 9. The Morgan fingerprint density at radius 3 is 2.58 bits per heavy atom. The SMILES string of the molecule is CC(C)(C)OC(=O)NCCc1nc(-c2ccnc(C(CCC(=O)O)NC(=O)OCc3ccccc3)c2)no1. The number of pyridine rings is 1. The lowest BCUT2D eigenvalue weighted by molar-refractivity contribution is -0.137. The van der Waals surface area contributed by atoms with Gasteiger partial charge in [-0.1, -0.05) is 35.5 Å². The first kappa shape index (κ1) is 28.1. The molecular weight excluding hydrogens is 494 g/mol. The van der Waals surface area contributed by atoms with Crippen molar-refractivity contribution in [2.24, 2.45) is 0 Å². The molecule has 0 aliphatic rings. The predicted octanol–water partition coefficient (Wildman–Crippen LogP) is 4.03. The van der Waals surface area contributed by atoms with Crippen LogP contribution in [0, 0.1) is 0 Å². The standard InChI is InChI=1S/C26H31N5O7/c1-26(2,3)37-24(34)28-14-12-21-30-23(31-38-21)18-11-13-27-20(15-18)19(9-10-22(32)33)29-25(35)36-16-17-7-5-4-6-8-17/h4-8,11,13,15,19H,9-10,12,14,16H2,1-3H3,(H,28,34)(H,29,35)(H,32,33). The smallest absolute Gasteiger partial charge is 0.408 e. The number of hydrogen-bond donors (Lipinski definition) is 3. The van der Waals surface area contributed by atoms with E-state index in [1.807, 2.05) is 30.3 Å². The largest absolute Gasteiger partial charge is 0.481 e. The molecule has 3 aromatic rings. The van der Waals surface area contributed by atoms with Crippen molar-refractivity contribution in [1.82, 2.24) is 25.8 Å². The molecule has 1 aromatic carbocycles. The maximum Gasteiger partial charge on any atom is 0.408 e. The molecule has 0 saturated heterocycles. The van der Waals surface area contributed by atoms with Gasteiger partial charge in [0.2, 0.25) is 11.7 Å². The molecule has 0 bridgehead atoms. The van der Waals surface area contributed by atoms with Gasteiger partial charge in [-0.15, -0.1) is 0 Å². The molecule has 12 nitrogen and oxygen atoms in total. The number of aromatic nitrogens is 3. The first-order chi connectivity index (χ1) is 18.1. The molecule has 0 saturated carbocycles. The molecule has 2 heterocycles. The van der Waals surface area contributed by atoms with E-state index in [0.29, 0.717) is 23.6 Å². The van der Waals surface area contributed by atoms with Gasteiger partial charge >= 0.3 is 18.2 Å².